The molecule has 2 aromatic carbocycles. The molecule has 0 aliphatic heterocycles. The SMILES string of the molecule is COc1cc(/C=C2\CC3C4CCc5cc(O)ccc5C4CCC3(C)C2=O)ccc1OC(F)F. The van der Waals surface area contributed by atoms with Crippen LogP contribution >= 0.6 is 0 Å². The summed E-state index contributed by atoms with van der Waals surface area (Å²) in [5.74, 6) is 1.84. The largest absolute Gasteiger partial charge is 0.508 e. The van der Waals surface area contributed by atoms with Crippen molar-refractivity contribution in [3.63, 3.8) is 0 Å². The second-order valence-electron chi connectivity index (χ2n) is 9.75. The van der Waals surface area contributed by atoms with E-state index in [2.05, 4.69) is 17.7 Å². The Labute approximate surface area is 192 Å². The van der Waals surface area contributed by atoms with Crippen LogP contribution in [0.1, 0.15) is 55.2 Å². The zero-order valence-corrected chi connectivity index (χ0v) is 18.8. The monoisotopic (exact) mass is 454 g/mol. The van der Waals surface area contributed by atoms with Crippen molar-refractivity contribution in [2.24, 2.45) is 17.3 Å². The maximum absolute atomic E-state index is 13.5. The van der Waals surface area contributed by atoms with Crippen molar-refractivity contribution in [1.82, 2.24) is 0 Å². The molecule has 0 heterocycles. The number of Topliss-reactive ketones (excluding diaryl/α,β-unsaturated/α-hetero) is 1. The molecule has 4 atom stereocenters. The highest BCUT2D eigenvalue weighted by Gasteiger charge is 2.56. The van der Waals surface area contributed by atoms with Crippen LogP contribution in [0.3, 0.4) is 0 Å². The summed E-state index contributed by atoms with van der Waals surface area (Å²) in [6, 6.07) is 10.5. The van der Waals surface area contributed by atoms with Crippen molar-refractivity contribution >= 4 is 11.9 Å². The van der Waals surface area contributed by atoms with Gasteiger partial charge in [-0.15, -0.1) is 0 Å². The highest BCUT2D eigenvalue weighted by atomic mass is 19.3. The summed E-state index contributed by atoms with van der Waals surface area (Å²) in [5.41, 5.74) is 3.72. The van der Waals surface area contributed by atoms with E-state index < -0.39 is 6.61 Å². The minimum absolute atomic E-state index is 0.0252. The van der Waals surface area contributed by atoms with Gasteiger partial charge in [-0.05, 0) is 102 Å². The van der Waals surface area contributed by atoms with Gasteiger partial charge in [-0.2, -0.15) is 8.78 Å². The lowest BCUT2D eigenvalue weighted by atomic mass is 9.55. The Hall–Kier alpha value is -2.89. The van der Waals surface area contributed by atoms with E-state index in [-0.39, 0.29) is 28.6 Å². The van der Waals surface area contributed by atoms with Crippen LogP contribution < -0.4 is 9.47 Å². The second-order valence-corrected chi connectivity index (χ2v) is 9.75. The molecule has 1 N–H and O–H groups in total. The molecule has 6 heteroatoms. The van der Waals surface area contributed by atoms with Crippen molar-refractivity contribution in [2.75, 3.05) is 7.11 Å². The van der Waals surface area contributed by atoms with Crippen LogP contribution in [0.5, 0.6) is 17.2 Å². The number of hydrogen-bond donors (Lipinski definition) is 1. The Morgan fingerprint density at radius 2 is 1.97 bits per heavy atom. The molecule has 5 rings (SSSR count). The fourth-order valence-corrected chi connectivity index (χ4v) is 6.54. The molecule has 2 saturated carbocycles. The van der Waals surface area contributed by atoms with E-state index in [1.54, 1.807) is 18.2 Å². The zero-order chi connectivity index (χ0) is 23.3. The number of alkyl halides is 2. The smallest absolute Gasteiger partial charge is 0.387 e. The number of aryl methyl sites for hydroxylation is 1. The quantitative estimate of drug-likeness (QED) is 0.566. The number of rotatable bonds is 4. The minimum Gasteiger partial charge on any atom is -0.508 e. The number of halogens is 2. The third-order valence-corrected chi connectivity index (χ3v) is 8.09. The summed E-state index contributed by atoms with van der Waals surface area (Å²) in [4.78, 5) is 13.5. The zero-order valence-electron chi connectivity index (χ0n) is 18.8. The average molecular weight is 455 g/mol. The highest BCUT2D eigenvalue weighted by molar-refractivity contribution is 6.06. The number of carbonyl (C=O) groups is 1. The van der Waals surface area contributed by atoms with Crippen LogP contribution in [0.4, 0.5) is 8.78 Å². The molecule has 4 unspecified atom stereocenters. The number of benzene rings is 2. The first-order valence-corrected chi connectivity index (χ1v) is 11.5. The van der Waals surface area contributed by atoms with Crippen LogP contribution in [-0.4, -0.2) is 24.6 Å². The van der Waals surface area contributed by atoms with E-state index >= 15 is 0 Å². The summed E-state index contributed by atoms with van der Waals surface area (Å²) in [6.45, 7) is -0.816. The number of fused-ring (bicyclic) bond motifs is 5. The molecular formula is C27H28F2O4. The summed E-state index contributed by atoms with van der Waals surface area (Å²) in [6.07, 6.45) is 6.37. The third kappa shape index (κ3) is 3.69. The molecule has 0 bridgehead atoms. The van der Waals surface area contributed by atoms with Gasteiger partial charge in [0.25, 0.3) is 0 Å². The van der Waals surface area contributed by atoms with E-state index in [4.69, 9.17) is 4.74 Å². The van der Waals surface area contributed by atoms with Gasteiger partial charge in [0.1, 0.15) is 5.75 Å². The van der Waals surface area contributed by atoms with Gasteiger partial charge in [-0.25, -0.2) is 0 Å². The summed E-state index contributed by atoms with van der Waals surface area (Å²) >= 11 is 0. The number of methoxy groups -OCH3 is 1. The molecular weight excluding hydrogens is 426 g/mol. The van der Waals surface area contributed by atoms with E-state index in [0.717, 1.165) is 43.2 Å². The third-order valence-electron chi connectivity index (χ3n) is 8.09. The Morgan fingerprint density at radius 1 is 1.15 bits per heavy atom. The van der Waals surface area contributed by atoms with E-state index in [1.807, 2.05) is 12.1 Å². The molecule has 4 nitrogen and oxygen atoms in total. The lowest BCUT2D eigenvalue weighted by molar-refractivity contribution is -0.127. The first kappa shape index (κ1) is 21.9. The molecule has 3 aliphatic rings. The molecule has 3 aliphatic carbocycles. The number of carbonyl (C=O) groups excluding carboxylic acids is 1. The van der Waals surface area contributed by atoms with Crippen molar-refractivity contribution in [3.8, 4) is 17.2 Å². The lowest BCUT2D eigenvalue weighted by Gasteiger charge is -2.48. The predicted octanol–water partition coefficient (Wildman–Crippen LogP) is 6.12. The van der Waals surface area contributed by atoms with Gasteiger partial charge in [0.2, 0.25) is 0 Å². The topological polar surface area (TPSA) is 55.8 Å². The maximum atomic E-state index is 13.5. The lowest BCUT2D eigenvalue weighted by Crippen LogP contribution is -2.42. The first-order valence-electron chi connectivity index (χ1n) is 11.5. The Bertz CT molecular complexity index is 1130. The van der Waals surface area contributed by atoms with Gasteiger partial charge in [-0.3, -0.25) is 4.79 Å². The van der Waals surface area contributed by atoms with Crippen LogP contribution in [0.2, 0.25) is 0 Å². The standard InChI is InChI=1S/C27H28F2O4/c1-27-10-9-20-19-7-5-18(30)13-16(19)4-6-21(20)22(27)14-17(25(27)31)11-15-3-8-23(33-26(28)29)24(12-15)32-2/h3,5,7-8,11-13,20-22,26,30H,4,6,9-10,14H2,1-2H3/b17-11+. The summed E-state index contributed by atoms with van der Waals surface area (Å²) in [7, 11) is 1.40. The molecule has 174 valence electrons. The number of allylic oxidation sites excluding steroid dienone is 1. The van der Waals surface area contributed by atoms with Crippen molar-refractivity contribution in [2.45, 2.75) is 51.6 Å². The average Bonchev–Trinajstić information content (AvgIpc) is 3.04. The van der Waals surface area contributed by atoms with Gasteiger partial charge >= 0.3 is 6.61 Å². The van der Waals surface area contributed by atoms with Crippen LogP contribution in [0, 0.1) is 17.3 Å². The molecule has 0 amide bonds. The van der Waals surface area contributed by atoms with E-state index in [1.165, 1.54) is 24.3 Å². The number of aromatic hydroxyl groups is 1. The Morgan fingerprint density at radius 3 is 2.73 bits per heavy atom. The molecule has 0 aromatic heterocycles. The van der Waals surface area contributed by atoms with Crippen molar-refractivity contribution < 1.29 is 28.2 Å². The number of hydrogen-bond acceptors (Lipinski definition) is 4. The summed E-state index contributed by atoms with van der Waals surface area (Å²) in [5, 5.41) is 9.88. The number of ketones is 1. The maximum Gasteiger partial charge on any atom is 0.387 e. The Balaban J connectivity index is 1.44. The van der Waals surface area contributed by atoms with E-state index in [9.17, 15) is 18.7 Å². The number of ether oxygens (including phenoxy) is 2. The molecule has 33 heavy (non-hydrogen) atoms. The van der Waals surface area contributed by atoms with Gasteiger partial charge in [-0.1, -0.05) is 19.1 Å². The van der Waals surface area contributed by atoms with Crippen LogP contribution in [-0.2, 0) is 11.2 Å². The fraction of sp³-hybridized carbons (Fsp3) is 0.444. The van der Waals surface area contributed by atoms with E-state index in [0.29, 0.717) is 17.6 Å². The van der Waals surface area contributed by atoms with Crippen LogP contribution in [0.15, 0.2) is 42.0 Å². The van der Waals surface area contributed by atoms with Gasteiger partial charge < -0.3 is 14.6 Å². The highest BCUT2D eigenvalue weighted by Crippen LogP contribution is 2.61. The predicted molar refractivity (Wildman–Crippen MR) is 121 cm³/mol. The van der Waals surface area contributed by atoms with Crippen LogP contribution in [0.25, 0.3) is 6.08 Å². The normalized spacial score (nSPS) is 29.5. The molecule has 2 fully saturated rings. The fourth-order valence-electron chi connectivity index (χ4n) is 6.54. The number of phenolic OH excluding ortho intramolecular Hbond substituents is 1. The van der Waals surface area contributed by atoms with Crippen molar-refractivity contribution in [3.05, 3.63) is 58.7 Å². The Kier molecular flexibility index (Phi) is 5.42. The van der Waals surface area contributed by atoms with Gasteiger partial charge in [0, 0.05) is 5.41 Å². The first-order chi connectivity index (χ1) is 15.8. The molecule has 0 radical (unpaired) electrons. The minimum atomic E-state index is -2.93. The molecule has 0 saturated heterocycles. The molecule has 2 aromatic rings. The van der Waals surface area contributed by atoms with Gasteiger partial charge in [0.15, 0.2) is 17.3 Å². The number of phenols is 1. The second kappa shape index (κ2) is 8.15. The summed E-state index contributed by atoms with van der Waals surface area (Å²) < 4.78 is 35.0. The van der Waals surface area contributed by atoms with Gasteiger partial charge in [0.05, 0.1) is 7.11 Å². The van der Waals surface area contributed by atoms with Crippen molar-refractivity contribution in [1.29, 1.82) is 0 Å². The molecule has 0 spiro atoms.